The van der Waals surface area contributed by atoms with E-state index in [1.165, 1.54) is 44.9 Å². The molecule has 3 aliphatic rings. The largest absolute Gasteiger partial charge is 0.324 e. The molecule has 0 N–H and O–H groups in total. The Bertz CT molecular complexity index is 498. The van der Waals surface area contributed by atoms with E-state index in [0.717, 1.165) is 17.8 Å². The van der Waals surface area contributed by atoms with E-state index in [9.17, 15) is 0 Å². The van der Waals surface area contributed by atoms with Gasteiger partial charge in [-0.15, -0.1) is 0 Å². The monoisotopic (exact) mass is 415 g/mol. The van der Waals surface area contributed by atoms with Crippen molar-refractivity contribution in [2.45, 2.75) is 72.6 Å². The average molecular weight is 417 g/mol. The summed E-state index contributed by atoms with van der Waals surface area (Å²) in [6.07, 6.45) is 26.5. The van der Waals surface area contributed by atoms with Crippen molar-refractivity contribution in [3.05, 3.63) is 42.9 Å². The first-order valence-corrected chi connectivity index (χ1v) is 10.4. The van der Waals surface area contributed by atoms with Gasteiger partial charge in [-0.1, -0.05) is 77.0 Å². The van der Waals surface area contributed by atoms with Crippen molar-refractivity contribution in [1.82, 2.24) is 0 Å². The summed E-state index contributed by atoms with van der Waals surface area (Å²) in [5, 5.41) is 0. The number of hydrogen-bond acceptors (Lipinski definition) is 0. The van der Waals surface area contributed by atoms with E-state index in [4.69, 9.17) is 0 Å². The van der Waals surface area contributed by atoms with Gasteiger partial charge in [0.1, 0.15) is 0 Å². The second-order valence-corrected chi connectivity index (χ2v) is 8.86. The van der Waals surface area contributed by atoms with Gasteiger partial charge in [-0.3, -0.25) is 0 Å². The molecule has 0 radical (unpaired) electrons. The number of hydrogen-bond donors (Lipinski definition) is 0. The third-order valence-electron chi connectivity index (χ3n) is 7.97. The molecule has 0 aromatic heterocycles. The van der Waals surface area contributed by atoms with E-state index in [2.05, 4.69) is 70.6 Å². The Morgan fingerprint density at radius 2 is 1.80 bits per heavy atom. The van der Waals surface area contributed by atoms with Gasteiger partial charge in [0.15, 0.2) is 0 Å². The van der Waals surface area contributed by atoms with Crippen molar-refractivity contribution in [1.29, 1.82) is 0 Å². The molecule has 1 heteroatoms. The van der Waals surface area contributed by atoms with Crippen molar-refractivity contribution < 1.29 is 26.2 Å². The molecule has 0 aromatic rings. The van der Waals surface area contributed by atoms with Crippen LogP contribution in [0.4, 0.5) is 0 Å². The van der Waals surface area contributed by atoms with Crippen LogP contribution in [0.2, 0.25) is 0 Å². The average Bonchev–Trinajstić information content (AvgIpc) is 3.27. The molecule has 25 heavy (non-hydrogen) atoms. The van der Waals surface area contributed by atoms with Gasteiger partial charge in [-0.05, 0) is 54.3 Å². The minimum atomic E-state index is 0. The Kier molecular flexibility index (Phi) is 7.59. The molecule has 3 aliphatic carbocycles. The van der Waals surface area contributed by atoms with Crippen LogP contribution in [0.5, 0.6) is 0 Å². The minimum Gasteiger partial charge on any atom is -0.324 e. The minimum absolute atomic E-state index is 0. The molecule has 4 unspecified atom stereocenters. The quantitative estimate of drug-likeness (QED) is 0.305. The molecule has 0 aliphatic heterocycles. The fourth-order valence-electron chi connectivity index (χ4n) is 6.12. The van der Waals surface area contributed by atoms with Crippen LogP contribution in [-0.4, -0.2) is 0 Å². The molecule has 1 saturated carbocycles. The van der Waals surface area contributed by atoms with Crippen LogP contribution in [0.1, 0.15) is 72.6 Å². The molecular formula is C24H37Zr-. The van der Waals surface area contributed by atoms with Gasteiger partial charge in [-0.2, -0.15) is 12.3 Å². The molecule has 3 rings (SSSR count). The first kappa shape index (κ1) is 21.4. The van der Waals surface area contributed by atoms with Crippen molar-refractivity contribution in [2.24, 2.45) is 34.5 Å². The zero-order valence-electron chi connectivity index (χ0n) is 16.8. The summed E-state index contributed by atoms with van der Waals surface area (Å²) in [4.78, 5) is 0. The molecule has 1 fully saturated rings. The van der Waals surface area contributed by atoms with Crippen LogP contribution in [0.25, 0.3) is 0 Å². The molecule has 0 bridgehead atoms. The van der Waals surface area contributed by atoms with Gasteiger partial charge in [0.25, 0.3) is 0 Å². The second-order valence-electron chi connectivity index (χ2n) is 8.86. The van der Waals surface area contributed by atoms with E-state index in [1.807, 2.05) is 0 Å². The van der Waals surface area contributed by atoms with Gasteiger partial charge >= 0.3 is 0 Å². The van der Waals surface area contributed by atoms with Gasteiger partial charge in [-0.25, -0.2) is 0 Å². The van der Waals surface area contributed by atoms with Gasteiger partial charge < -0.3 is 6.42 Å². The Labute approximate surface area is 175 Å². The van der Waals surface area contributed by atoms with Crippen LogP contribution in [0.3, 0.4) is 0 Å². The van der Waals surface area contributed by atoms with E-state index in [1.54, 1.807) is 0 Å². The Hall–Kier alpha value is 0.103. The molecule has 0 spiro atoms. The summed E-state index contributed by atoms with van der Waals surface area (Å²) in [7, 11) is 0. The molecule has 0 nitrogen and oxygen atoms in total. The van der Waals surface area contributed by atoms with Crippen LogP contribution in [0, 0.1) is 40.9 Å². The smallest absolute Gasteiger partial charge is 0 e. The molecule has 0 heterocycles. The number of rotatable bonds is 7. The molecule has 0 aromatic carbocycles. The normalized spacial score (nSPS) is 34.1. The van der Waals surface area contributed by atoms with E-state index < -0.39 is 0 Å². The van der Waals surface area contributed by atoms with Crippen molar-refractivity contribution in [2.75, 3.05) is 0 Å². The fourth-order valence-corrected chi connectivity index (χ4v) is 6.12. The number of allylic oxidation sites excluding steroid dienone is 6. The molecule has 0 saturated heterocycles. The third-order valence-corrected chi connectivity index (χ3v) is 7.97. The molecule has 4 atom stereocenters. The Balaban J connectivity index is 0.00000225. The maximum absolute atomic E-state index is 2.68. The third kappa shape index (κ3) is 3.88. The molecule has 0 amide bonds. The van der Waals surface area contributed by atoms with Crippen LogP contribution in [-0.2, 0) is 26.2 Å². The SMILES string of the molecule is CCC1(CC)C=CC2CC[CH-]C2C1(C)CCCC(C)C1C=CC=C1.[Zr]. The predicted octanol–water partition coefficient (Wildman–Crippen LogP) is 7.15. The summed E-state index contributed by atoms with van der Waals surface area (Å²) in [6, 6.07) is 0. The van der Waals surface area contributed by atoms with Crippen LogP contribution in [0.15, 0.2) is 36.5 Å². The summed E-state index contributed by atoms with van der Waals surface area (Å²) >= 11 is 0. The Morgan fingerprint density at radius 1 is 1.12 bits per heavy atom. The maximum Gasteiger partial charge on any atom is 0 e. The van der Waals surface area contributed by atoms with Crippen molar-refractivity contribution in [3.8, 4) is 0 Å². The van der Waals surface area contributed by atoms with E-state index in [-0.39, 0.29) is 26.2 Å². The van der Waals surface area contributed by atoms with E-state index in [0.29, 0.717) is 16.7 Å². The summed E-state index contributed by atoms with van der Waals surface area (Å²) < 4.78 is 0. The first-order valence-electron chi connectivity index (χ1n) is 10.4. The standard InChI is InChI=1S/C24H37.Zr/c1-5-24(6-2)18-16-21-14-9-15-22(21)23(24,4)17-10-11-19(3)20-12-7-8-13-20;/h7-8,12-13,15-16,18-22H,5-6,9-11,14,17H2,1-4H3;/q-1;. The summed E-state index contributed by atoms with van der Waals surface area (Å²) in [6.45, 7) is 9.89. The van der Waals surface area contributed by atoms with Gasteiger partial charge in [0, 0.05) is 26.2 Å². The van der Waals surface area contributed by atoms with Gasteiger partial charge in [0.05, 0.1) is 0 Å². The second kappa shape index (κ2) is 8.86. The summed E-state index contributed by atoms with van der Waals surface area (Å²) in [5.41, 5.74) is 0.860. The van der Waals surface area contributed by atoms with E-state index >= 15 is 0 Å². The summed E-state index contributed by atoms with van der Waals surface area (Å²) in [5.74, 6) is 3.09. The number of fused-ring (bicyclic) bond motifs is 1. The van der Waals surface area contributed by atoms with Crippen LogP contribution >= 0.6 is 0 Å². The molecule has 138 valence electrons. The van der Waals surface area contributed by atoms with Gasteiger partial charge in [0.2, 0.25) is 0 Å². The maximum atomic E-state index is 2.68. The Morgan fingerprint density at radius 3 is 2.44 bits per heavy atom. The topological polar surface area (TPSA) is 0 Å². The first-order chi connectivity index (χ1) is 11.6. The van der Waals surface area contributed by atoms with Crippen LogP contribution < -0.4 is 0 Å². The zero-order valence-corrected chi connectivity index (χ0v) is 19.3. The fraction of sp³-hybridized carbons (Fsp3) is 0.708. The van der Waals surface area contributed by atoms with Crippen molar-refractivity contribution in [3.63, 3.8) is 0 Å². The molecular weight excluding hydrogens is 379 g/mol. The van der Waals surface area contributed by atoms with Crippen molar-refractivity contribution >= 4 is 0 Å². The predicted molar refractivity (Wildman–Crippen MR) is 106 cm³/mol. The zero-order chi connectivity index (χ0) is 17.2.